The van der Waals surface area contributed by atoms with Gasteiger partial charge in [0, 0.05) is 34.5 Å². The molecular weight excluding hydrogens is 494 g/mol. The third kappa shape index (κ3) is 10.6. The monoisotopic (exact) mass is 539 g/mol. The summed E-state index contributed by atoms with van der Waals surface area (Å²) < 4.78 is 5.08. The third-order valence-corrected chi connectivity index (χ3v) is 6.28. The topological polar surface area (TPSA) is 117 Å². The fraction of sp³-hybridized carbons (Fsp3) is 0.400. The third-order valence-electron chi connectivity index (χ3n) is 6.28. The minimum Gasteiger partial charge on any atom is -0.497 e. The molecule has 2 heterocycles. The Labute approximate surface area is 234 Å². The van der Waals surface area contributed by atoms with Gasteiger partial charge >= 0.3 is 0 Å². The molecule has 0 bridgehead atoms. The Morgan fingerprint density at radius 2 is 1.72 bits per heavy atom. The Bertz CT molecular complexity index is 1140. The number of guanidine groups is 1. The number of aryl methyl sites for hydroxylation is 1. The lowest BCUT2D eigenvalue weighted by molar-refractivity contribution is -0.139. The Kier molecular flexibility index (Phi) is 13.3. The first-order chi connectivity index (χ1) is 18.9. The largest absolute Gasteiger partial charge is 0.497 e. The predicted octanol–water partition coefficient (Wildman–Crippen LogP) is 4.69. The second-order valence-electron chi connectivity index (χ2n) is 9.24. The van der Waals surface area contributed by atoms with E-state index >= 15 is 0 Å². The van der Waals surface area contributed by atoms with E-state index in [4.69, 9.17) is 10.5 Å². The lowest BCUT2D eigenvalue weighted by atomic mass is 10.2. The fourth-order valence-corrected chi connectivity index (χ4v) is 4.25. The molecule has 0 saturated carbocycles. The van der Waals surface area contributed by atoms with Crippen molar-refractivity contribution in [3.05, 3.63) is 72.8 Å². The van der Waals surface area contributed by atoms with Crippen molar-refractivity contribution >= 4 is 29.4 Å². The number of carbonyl (C=O) groups excluding carboxylic acids is 3. The number of nitrogens with one attached hydrogen (secondary N) is 1. The van der Waals surface area contributed by atoms with Gasteiger partial charge in [-0.25, -0.2) is 4.99 Å². The fourth-order valence-electron chi connectivity index (χ4n) is 4.25. The number of nitrogens with zero attached hydrogens (tertiary/aromatic N) is 3. The molecule has 0 aromatic heterocycles. The molecule has 214 valence electrons. The van der Waals surface area contributed by atoms with Crippen LogP contribution in [0.1, 0.15) is 57.3 Å². The van der Waals surface area contributed by atoms with E-state index in [1.165, 1.54) is 0 Å². The number of hydrogen-bond donors (Lipinski definition) is 2. The van der Waals surface area contributed by atoms with Crippen molar-refractivity contribution in [1.82, 2.24) is 15.1 Å². The highest BCUT2D eigenvalue weighted by Gasteiger charge is 2.23. The van der Waals surface area contributed by atoms with Crippen LogP contribution in [0.4, 0.5) is 5.69 Å². The molecule has 2 aliphatic rings. The van der Waals surface area contributed by atoms with Gasteiger partial charge in [-0.2, -0.15) is 0 Å². The SMILES string of the molecule is C=C.COc1cccc(C(=O)NC(N)=Nc2cccc(C)c2)c1.O=C(CN1CCCCCC1=O)N1CCCC1.[HH].[HH]. The summed E-state index contributed by atoms with van der Waals surface area (Å²) in [4.78, 5) is 43.5. The zero-order valence-electron chi connectivity index (χ0n) is 23.2. The van der Waals surface area contributed by atoms with Crippen molar-refractivity contribution in [3.63, 3.8) is 0 Å². The average molecular weight is 540 g/mol. The van der Waals surface area contributed by atoms with E-state index in [0.717, 1.165) is 57.3 Å². The van der Waals surface area contributed by atoms with Gasteiger partial charge in [0.05, 0.1) is 19.3 Å². The minimum atomic E-state index is -0.331. The first kappa shape index (κ1) is 31.1. The molecule has 3 N–H and O–H groups in total. The van der Waals surface area contributed by atoms with Crippen LogP contribution >= 0.6 is 0 Å². The standard InChI is InChI=1S/C16H17N3O2.C12H20N2O2.C2H4.2H2/c1-11-5-3-7-13(9-11)18-16(17)19-15(20)12-6-4-8-14(10-12)21-2;15-11-6-2-1-3-9-14(11)10-12(16)13-7-4-5-8-13;1-2;;/h3-10H,1-2H3,(H3,17,18,19,20);1-10H2;1-2H2;2*1H. The Morgan fingerprint density at radius 1 is 1.03 bits per heavy atom. The highest BCUT2D eigenvalue weighted by molar-refractivity contribution is 6.05. The van der Waals surface area contributed by atoms with Crippen molar-refractivity contribution in [2.45, 2.75) is 45.4 Å². The van der Waals surface area contributed by atoms with Crippen molar-refractivity contribution in [1.29, 1.82) is 0 Å². The molecule has 9 heteroatoms. The highest BCUT2D eigenvalue weighted by atomic mass is 16.5. The van der Waals surface area contributed by atoms with E-state index in [2.05, 4.69) is 23.5 Å². The number of amides is 3. The lowest BCUT2D eigenvalue weighted by Crippen LogP contribution is -2.41. The molecule has 0 aliphatic carbocycles. The summed E-state index contributed by atoms with van der Waals surface area (Å²) in [6.07, 6.45) is 5.97. The Morgan fingerprint density at radius 3 is 2.41 bits per heavy atom. The maximum Gasteiger partial charge on any atom is 0.258 e. The smallest absolute Gasteiger partial charge is 0.258 e. The molecule has 2 aromatic rings. The van der Waals surface area contributed by atoms with Gasteiger partial charge in [0.15, 0.2) is 0 Å². The molecule has 39 heavy (non-hydrogen) atoms. The highest BCUT2D eigenvalue weighted by Crippen LogP contribution is 2.15. The number of benzene rings is 2. The Hall–Kier alpha value is -4.14. The normalized spacial score (nSPS) is 15.2. The van der Waals surface area contributed by atoms with Crippen LogP contribution in [0.5, 0.6) is 5.75 Å². The molecule has 0 spiro atoms. The molecule has 2 aromatic carbocycles. The molecule has 0 atom stereocenters. The molecule has 3 amide bonds. The van der Waals surface area contributed by atoms with Crippen molar-refractivity contribution in [3.8, 4) is 5.75 Å². The van der Waals surface area contributed by atoms with Crippen LogP contribution in [0, 0.1) is 6.92 Å². The van der Waals surface area contributed by atoms with E-state index in [-0.39, 0.29) is 26.5 Å². The average Bonchev–Trinajstić information content (AvgIpc) is 3.41. The second-order valence-corrected chi connectivity index (χ2v) is 9.24. The maximum atomic E-state index is 12.1. The van der Waals surface area contributed by atoms with Crippen LogP contribution in [-0.4, -0.2) is 66.8 Å². The van der Waals surface area contributed by atoms with Gasteiger partial charge in [-0.3, -0.25) is 19.7 Å². The van der Waals surface area contributed by atoms with Crippen LogP contribution in [0.15, 0.2) is 66.7 Å². The number of carbonyl (C=O) groups is 3. The molecule has 2 aliphatic heterocycles. The number of methoxy groups -OCH3 is 1. The van der Waals surface area contributed by atoms with Gasteiger partial charge in [-0.05, 0) is 68.5 Å². The van der Waals surface area contributed by atoms with Crippen LogP contribution in [-0.2, 0) is 9.59 Å². The van der Waals surface area contributed by atoms with Gasteiger partial charge in [0.1, 0.15) is 5.75 Å². The molecule has 2 fully saturated rings. The van der Waals surface area contributed by atoms with Crippen molar-refractivity contribution in [2.75, 3.05) is 33.3 Å². The predicted molar refractivity (Wildman–Crippen MR) is 159 cm³/mol. The number of ether oxygens (including phenoxy) is 1. The van der Waals surface area contributed by atoms with E-state index in [1.54, 1.807) is 36.3 Å². The second kappa shape index (κ2) is 16.7. The van der Waals surface area contributed by atoms with Crippen molar-refractivity contribution < 1.29 is 22.0 Å². The summed E-state index contributed by atoms with van der Waals surface area (Å²) in [5.41, 5.74) is 7.97. The summed E-state index contributed by atoms with van der Waals surface area (Å²) in [5, 5.41) is 2.55. The molecular formula is C30H45N5O4. The van der Waals surface area contributed by atoms with E-state index in [0.29, 0.717) is 30.0 Å². The number of aliphatic imine (C=N–C) groups is 1. The van der Waals surface area contributed by atoms with E-state index < -0.39 is 0 Å². The van der Waals surface area contributed by atoms with E-state index in [9.17, 15) is 14.4 Å². The molecule has 2 saturated heterocycles. The summed E-state index contributed by atoms with van der Waals surface area (Å²) in [6.45, 7) is 10.8. The number of hydrogen-bond acceptors (Lipinski definition) is 5. The Balaban J connectivity index is 0.000000722. The molecule has 0 unspecified atom stereocenters. The van der Waals surface area contributed by atoms with Gasteiger partial charge in [0.25, 0.3) is 5.91 Å². The number of likely N-dealkylation sites (tertiary alicyclic amines) is 2. The summed E-state index contributed by atoms with van der Waals surface area (Å²) in [6, 6.07) is 14.4. The first-order valence-corrected chi connectivity index (χ1v) is 13.3. The zero-order valence-corrected chi connectivity index (χ0v) is 23.2. The summed E-state index contributed by atoms with van der Waals surface area (Å²) in [5.74, 6) is 0.617. The molecule has 0 radical (unpaired) electrons. The summed E-state index contributed by atoms with van der Waals surface area (Å²) >= 11 is 0. The zero-order chi connectivity index (χ0) is 28.6. The summed E-state index contributed by atoms with van der Waals surface area (Å²) in [7, 11) is 1.55. The number of nitrogens with two attached hydrogens (primary N) is 1. The lowest BCUT2D eigenvalue weighted by Gasteiger charge is -2.23. The van der Waals surface area contributed by atoms with E-state index in [1.807, 2.05) is 36.1 Å². The van der Waals surface area contributed by atoms with Gasteiger partial charge in [-0.1, -0.05) is 24.6 Å². The quantitative estimate of drug-likeness (QED) is 0.325. The molecule has 9 nitrogen and oxygen atoms in total. The van der Waals surface area contributed by atoms with Crippen molar-refractivity contribution in [2.24, 2.45) is 10.7 Å². The number of rotatable bonds is 5. The van der Waals surface area contributed by atoms with Gasteiger partial charge in [-0.15, -0.1) is 13.2 Å². The maximum absolute atomic E-state index is 12.1. The minimum absolute atomic E-state index is 0. The van der Waals surface area contributed by atoms with Crippen LogP contribution < -0.4 is 15.8 Å². The van der Waals surface area contributed by atoms with Crippen LogP contribution in [0.2, 0.25) is 0 Å². The first-order valence-electron chi connectivity index (χ1n) is 13.3. The van der Waals surface area contributed by atoms with Crippen LogP contribution in [0.25, 0.3) is 0 Å². The van der Waals surface area contributed by atoms with Crippen LogP contribution in [0.3, 0.4) is 0 Å². The van der Waals surface area contributed by atoms with Gasteiger partial charge in [0.2, 0.25) is 17.8 Å². The van der Waals surface area contributed by atoms with Gasteiger partial charge < -0.3 is 20.3 Å². The molecule has 4 rings (SSSR count).